The Morgan fingerprint density at radius 2 is 2.12 bits per heavy atom. The van der Waals surface area contributed by atoms with Gasteiger partial charge in [-0.25, -0.2) is 0 Å². The minimum Gasteiger partial charge on any atom is -0.346 e. The molecule has 0 aromatic heterocycles. The van der Waals surface area contributed by atoms with Gasteiger partial charge in [-0.1, -0.05) is 11.6 Å². The van der Waals surface area contributed by atoms with Gasteiger partial charge in [0.05, 0.1) is 0 Å². The van der Waals surface area contributed by atoms with Gasteiger partial charge in [-0.15, -0.1) is 0 Å². The molecule has 0 aliphatic carbocycles. The quantitative estimate of drug-likeness (QED) is 0.850. The number of nitrogens with two attached hydrogens (primary N) is 1. The van der Waals surface area contributed by atoms with Crippen molar-refractivity contribution < 1.29 is 4.79 Å². The van der Waals surface area contributed by atoms with Crippen LogP contribution < -0.4 is 11.1 Å². The summed E-state index contributed by atoms with van der Waals surface area (Å²) in [6.07, 6.45) is 0. The second kappa shape index (κ2) is 4.85. The molecule has 0 saturated carbocycles. The molecule has 3 nitrogen and oxygen atoms in total. The van der Waals surface area contributed by atoms with Crippen molar-refractivity contribution in [2.45, 2.75) is 26.3 Å². The lowest BCUT2D eigenvalue weighted by molar-refractivity contribution is 0.0915. The normalized spacial score (nSPS) is 11.3. The molecule has 0 radical (unpaired) electrons. The van der Waals surface area contributed by atoms with E-state index >= 15 is 0 Å². The van der Waals surface area contributed by atoms with Crippen LogP contribution in [0.25, 0.3) is 0 Å². The molecule has 1 rings (SSSR count). The molecular weight excluding hydrogens is 224 g/mol. The summed E-state index contributed by atoms with van der Waals surface area (Å²) < 4.78 is 0. The van der Waals surface area contributed by atoms with Gasteiger partial charge in [-0.05, 0) is 44.5 Å². The third kappa shape index (κ3) is 3.22. The highest BCUT2D eigenvalue weighted by atomic mass is 35.5. The number of nitrogens with one attached hydrogen (secondary N) is 1. The first-order valence-corrected chi connectivity index (χ1v) is 5.52. The zero-order valence-corrected chi connectivity index (χ0v) is 10.6. The zero-order valence-electron chi connectivity index (χ0n) is 9.80. The fourth-order valence-corrected chi connectivity index (χ4v) is 1.53. The maximum Gasteiger partial charge on any atom is 0.252 e. The topological polar surface area (TPSA) is 55.1 Å². The van der Waals surface area contributed by atoms with Gasteiger partial charge in [0.1, 0.15) is 0 Å². The van der Waals surface area contributed by atoms with E-state index in [0.29, 0.717) is 17.1 Å². The summed E-state index contributed by atoms with van der Waals surface area (Å²) >= 11 is 5.83. The second-order valence-electron chi connectivity index (χ2n) is 4.50. The number of amides is 1. The summed E-state index contributed by atoms with van der Waals surface area (Å²) in [5.74, 6) is -0.121. The van der Waals surface area contributed by atoms with Crippen LogP contribution in [0.1, 0.15) is 29.8 Å². The summed E-state index contributed by atoms with van der Waals surface area (Å²) in [6, 6.07) is 5.20. The molecule has 0 aliphatic rings. The lowest BCUT2D eigenvalue weighted by Gasteiger charge is -2.24. The second-order valence-corrected chi connectivity index (χ2v) is 4.94. The largest absolute Gasteiger partial charge is 0.346 e. The number of hydrogen-bond acceptors (Lipinski definition) is 2. The highest BCUT2D eigenvalue weighted by molar-refractivity contribution is 6.30. The Kier molecular flexibility index (Phi) is 3.94. The SMILES string of the molecule is Cc1cc(Cl)ccc1C(=O)NC(C)(C)CN. The van der Waals surface area contributed by atoms with Gasteiger partial charge in [-0.3, -0.25) is 4.79 Å². The fourth-order valence-electron chi connectivity index (χ4n) is 1.31. The van der Waals surface area contributed by atoms with E-state index in [9.17, 15) is 4.79 Å². The van der Waals surface area contributed by atoms with E-state index < -0.39 is 5.54 Å². The molecule has 0 unspecified atom stereocenters. The van der Waals surface area contributed by atoms with Crippen molar-refractivity contribution in [3.63, 3.8) is 0 Å². The van der Waals surface area contributed by atoms with Gasteiger partial charge in [0.2, 0.25) is 0 Å². The summed E-state index contributed by atoms with van der Waals surface area (Å²) in [5.41, 5.74) is 6.65. The van der Waals surface area contributed by atoms with E-state index in [2.05, 4.69) is 5.32 Å². The number of aryl methyl sites for hydroxylation is 1. The molecule has 1 aromatic rings. The monoisotopic (exact) mass is 240 g/mol. The molecule has 3 N–H and O–H groups in total. The van der Waals surface area contributed by atoms with Crippen molar-refractivity contribution in [1.29, 1.82) is 0 Å². The minimum atomic E-state index is -0.400. The smallest absolute Gasteiger partial charge is 0.252 e. The number of benzene rings is 1. The average Bonchev–Trinajstić information content (AvgIpc) is 2.16. The van der Waals surface area contributed by atoms with Crippen LogP contribution >= 0.6 is 11.6 Å². The molecule has 4 heteroatoms. The maximum atomic E-state index is 11.9. The van der Waals surface area contributed by atoms with Gasteiger partial charge in [-0.2, -0.15) is 0 Å². The molecule has 0 spiro atoms. The predicted octanol–water partition coefficient (Wildman–Crippen LogP) is 2.12. The Morgan fingerprint density at radius 3 is 2.62 bits per heavy atom. The van der Waals surface area contributed by atoms with Crippen molar-refractivity contribution in [3.8, 4) is 0 Å². The molecule has 0 bridgehead atoms. The Balaban J connectivity index is 2.89. The molecular formula is C12H17ClN2O. The first-order chi connectivity index (χ1) is 7.35. The third-order valence-corrected chi connectivity index (χ3v) is 2.63. The number of carbonyl (C=O) groups excluding carboxylic acids is 1. The van der Waals surface area contributed by atoms with Crippen molar-refractivity contribution in [2.75, 3.05) is 6.54 Å². The van der Waals surface area contributed by atoms with Gasteiger partial charge >= 0.3 is 0 Å². The molecule has 0 fully saturated rings. The van der Waals surface area contributed by atoms with E-state index in [1.165, 1.54) is 0 Å². The Morgan fingerprint density at radius 1 is 1.50 bits per heavy atom. The summed E-state index contributed by atoms with van der Waals surface area (Å²) in [7, 11) is 0. The standard InChI is InChI=1S/C12H17ClN2O/c1-8-6-9(13)4-5-10(8)11(16)15-12(2,3)7-14/h4-6H,7,14H2,1-3H3,(H,15,16). The molecule has 0 atom stereocenters. The lowest BCUT2D eigenvalue weighted by atomic mass is 10.0. The third-order valence-electron chi connectivity index (χ3n) is 2.40. The molecule has 0 saturated heterocycles. The van der Waals surface area contributed by atoms with Crippen LogP contribution in [0.4, 0.5) is 0 Å². The van der Waals surface area contributed by atoms with Crippen molar-refractivity contribution >= 4 is 17.5 Å². The van der Waals surface area contributed by atoms with Crippen molar-refractivity contribution in [2.24, 2.45) is 5.73 Å². The first-order valence-electron chi connectivity index (χ1n) is 5.14. The van der Waals surface area contributed by atoms with Crippen LogP contribution in [-0.4, -0.2) is 18.0 Å². The highest BCUT2D eigenvalue weighted by Gasteiger charge is 2.20. The number of hydrogen-bond donors (Lipinski definition) is 2. The predicted molar refractivity (Wildman–Crippen MR) is 66.8 cm³/mol. The van der Waals surface area contributed by atoms with Crippen LogP contribution in [0.2, 0.25) is 5.02 Å². The molecule has 88 valence electrons. The Hall–Kier alpha value is -1.06. The van der Waals surface area contributed by atoms with Crippen molar-refractivity contribution in [1.82, 2.24) is 5.32 Å². The molecule has 1 amide bonds. The van der Waals surface area contributed by atoms with E-state index in [1.807, 2.05) is 20.8 Å². The minimum absolute atomic E-state index is 0.121. The van der Waals surface area contributed by atoms with Crippen LogP contribution in [0.5, 0.6) is 0 Å². The summed E-state index contributed by atoms with van der Waals surface area (Å²) in [5, 5.41) is 3.51. The lowest BCUT2D eigenvalue weighted by Crippen LogP contribution is -2.49. The van der Waals surface area contributed by atoms with Crippen molar-refractivity contribution in [3.05, 3.63) is 34.3 Å². The van der Waals surface area contributed by atoms with E-state index in [0.717, 1.165) is 5.56 Å². The number of halogens is 1. The molecule has 0 aliphatic heterocycles. The van der Waals surface area contributed by atoms with Crippen LogP contribution in [-0.2, 0) is 0 Å². The zero-order chi connectivity index (χ0) is 12.3. The fraction of sp³-hybridized carbons (Fsp3) is 0.417. The van der Waals surface area contributed by atoms with Gasteiger partial charge in [0.15, 0.2) is 0 Å². The Bertz CT molecular complexity index is 402. The Labute approximate surface area is 101 Å². The number of rotatable bonds is 3. The average molecular weight is 241 g/mol. The molecule has 0 heterocycles. The highest BCUT2D eigenvalue weighted by Crippen LogP contribution is 2.15. The molecule has 1 aromatic carbocycles. The van der Waals surface area contributed by atoms with Gasteiger partial charge < -0.3 is 11.1 Å². The van der Waals surface area contributed by atoms with Gasteiger partial charge in [0, 0.05) is 22.7 Å². The van der Waals surface area contributed by atoms with Crippen LogP contribution in [0.15, 0.2) is 18.2 Å². The molecule has 16 heavy (non-hydrogen) atoms. The van der Waals surface area contributed by atoms with Crippen LogP contribution in [0.3, 0.4) is 0 Å². The van der Waals surface area contributed by atoms with Gasteiger partial charge in [0.25, 0.3) is 5.91 Å². The van der Waals surface area contributed by atoms with Crippen LogP contribution in [0, 0.1) is 6.92 Å². The van der Waals surface area contributed by atoms with E-state index in [-0.39, 0.29) is 5.91 Å². The summed E-state index contributed by atoms with van der Waals surface area (Å²) in [6.45, 7) is 6.02. The number of carbonyl (C=O) groups is 1. The van der Waals surface area contributed by atoms with E-state index in [1.54, 1.807) is 18.2 Å². The summed E-state index contributed by atoms with van der Waals surface area (Å²) in [4.78, 5) is 11.9. The first kappa shape index (κ1) is 13.0. The maximum absolute atomic E-state index is 11.9. The van der Waals surface area contributed by atoms with E-state index in [4.69, 9.17) is 17.3 Å².